The lowest BCUT2D eigenvalue weighted by Crippen LogP contribution is -2.55. The van der Waals surface area contributed by atoms with E-state index in [9.17, 15) is 4.79 Å². The van der Waals surface area contributed by atoms with Gasteiger partial charge >= 0.3 is 5.97 Å². The molecule has 2 atom stereocenters. The monoisotopic (exact) mass is 699 g/mol. The second-order valence-corrected chi connectivity index (χ2v) is 14.1. The molecule has 0 saturated heterocycles. The summed E-state index contributed by atoms with van der Waals surface area (Å²) in [5, 5.41) is 0. The smallest absolute Gasteiger partial charge is 0.339 e. The van der Waals surface area contributed by atoms with E-state index in [1.54, 1.807) is 48.5 Å². The number of carbonyl (C=O) groups excluding carboxylic acids is 1. The number of ether oxygens (including phenoxy) is 1. The lowest BCUT2D eigenvalue weighted by molar-refractivity contribution is -0.0230. The zero-order valence-corrected chi connectivity index (χ0v) is 29.5. The molecule has 0 spiro atoms. The first-order valence-electron chi connectivity index (χ1n) is 16.9. The van der Waals surface area contributed by atoms with E-state index in [1.165, 1.54) is 4.31 Å². The normalized spacial score (nSPS) is 12.7. The van der Waals surface area contributed by atoms with Gasteiger partial charge in [0.1, 0.15) is 0 Å². The van der Waals surface area contributed by atoms with Crippen LogP contribution in [0, 0.1) is 30.6 Å². The number of sulfonamides is 1. The van der Waals surface area contributed by atoms with Gasteiger partial charge in [-0.25, -0.2) is 13.2 Å². The van der Waals surface area contributed by atoms with Crippen LogP contribution in [-0.4, -0.2) is 31.3 Å². The van der Waals surface area contributed by atoms with Gasteiger partial charge in [0.05, 0.1) is 23.0 Å². The average molecular weight is 700 g/mol. The zero-order valence-electron chi connectivity index (χ0n) is 28.7. The van der Waals surface area contributed by atoms with Crippen LogP contribution in [0.15, 0.2) is 181 Å². The molecule has 0 unspecified atom stereocenters. The molecule has 0 aliphatic carbocycles. The van der Waals surface area contributed by atoms with Crippen molar-refractivity contribution in [3.05, 3.63) is 209 Å². The molecule has 256 valence electrons. The van der Waals surface area contributed by atoms with Crippen LogP contribution in [0.25, 0.3) is 0 Å². The highest BCUT2D eigenvalue weighted by Crippen LogP contribution is 2.38. The largest absolute Gasteiger partial charge is 0.436 e. The fraction of sp³-hybridized carbons (Fsp3) is 0.109. The second kappa shape index (κ2) is 16.7. The van der Waals surface area contributed by atoms with E-state index >= 15 is 8.42 Å². The maximum atomic E-state index is 15.1. The zero-order chi connectivity index (χ0) is 36.2. The van der Waals surface area contributed by atoms with Crippen LogP contribution >= 0.6 is 0 Å². The van der Waals surface area contributed by atoms with Gasteiger partial charge in [0.2, 0.25) is 15.6 Å². The summed E-state index contributed by atoms with van der Waals surface area (Å²) >= 11 is 0. The molecule has 0 heterocycles. The molecule has 0 aliphatic heterocycles. The molecule has 6 aromatic carbocycles. The Balaban J connectivity index is 1.65. The van der Waals surface area contributed by atoms with Crippen molar-refractivity contribution in [2.75, 3.05) is 6.54 Å². The van der Waals surface area contributed by atoms with E-state index in [0.29, 0.717) is 16.7 Å². The van der Waals surface area contributed by atoms with Crippen LogP contribution in [0.1, 0.15) is 38.2 Å². The minimum Gasteiger partial charge on any atom is -0.436 e. The minimum atomic E-state index is -4.29. The van der Waals surface area contributed by atoms with Gasteiger partial charge in [0.25, 0.3) is 0 Å². The number of carbonyl (C=O) groups is 1. The molecule has 0 N–H and O–H groups in total. The van der Waals surface area contributed by atoms with Crippen LogP contribution in [0.2, 0.25) is 0 Å². The summed E-state index contributed by atoms with van der Waals surface area (Å²) in [7, 11) is -4.29. The number of benzene rings is 6. The summed E-state index contributed by atoms with van der Waals surface area (Å²) in [5.41, 5.74) is 2.15. The standard InChI is InChI=1S/C46H37NO4S/c1-37-29-31-43(32-30-37)52(49,50)47(35-17-24-38-18-7-2-8-19-38)44(36-40-22-11-4-12-23-40)46(42-27-15-6-16-28-42,34-33-39-20-9-3-10-21-39)51-45(48)41-25-13-5-14-26-41/h2-16,18-23,25-32,44H,35-36H2,1H3/t44-,46-/m0/s1. The molecule has 0 aliphatic rings. The van der Waals surface area contributed by atoms with Gasteiger partial charge in [0.15, 0.2) is 0 Å². The first kappa shape index (κ1) is 35.6. The Morgan fingerprint density at radius 3 is 1.73 bits per heavy atom. The molecule has 0 fully saturated rings. The number of nitrogens with zero attached hydrogens (tertiary/aromatic N) is 1. The van der Waals surface area contributed by atoms with E-state index in [2.05, 4.69) is 23.7 Å². The van der Waals surface area contributed by atoms with Gasteiger partial charge in [0, 0.05) is 16.7 Å². The lowest BCUT2D eigenvalue weighted by atomic mass is 9.82. The SMILES string of the molecule is Cc1ccc(S(=O)(=O)N(CC#Cc2ccccc2)[C@@H](Cc2ccccc2)[C@@](C#Cc2ccccc2)(OC(=O)c2ccccc2)c2ccccc2)cc1. The van der Waals surface area contributed by atoms with Gasteiger partial charge in [-0.1, -0.05) is 151 Å². The van der Waals surface area contributed by atoms with E-state index < -0.39 is 27.6 Å². The Morgan fingerprint density at radius 2 is 1.15 bits per heavy atom. The third kappa shape index (κ3) is 8.57. The van der Waals surface area contributed by atoms with Gasteiger partial charge in [-0.2, -0.15) is 4.31 Å². The van der Waals surface area contributed by atoms with Crippen molar-refractivity contribution in [1.82, 2.24) is 4.31 Å². The quantitative estimate of drug-likeness (QED) is 0.106. The van der Waals surface area contributed by atoms with Crippen molar-refractivity contribution in [3.8, 4) is 23.7 Å². The molecule has 6 aromatic rings. The predicted octanol–water partition coefficient (Wildman–Crippen LogP) is 8.45. The molecule has 0 amide bonds. The van der Waals surface area contributed by atoms with Gasteiger partial charge in [-0.3, -0.25) is 0 Å². The predicted molar refractivity (Wildman–Crippen MR) is 206 cm³/mol. The molecular formula is C46H37NO4S. The number of esters is 1. The van der Waals surface area contributed by atoms with Crippen LogP contribution in [0.5, 0.6) is 0 Å². The topological polar surface area (TPSA) is 63.7 Å². The Kier molecular flexibility index (Phi) is 11.4. The van der Waals surface area contributed by atoms with Crippen LogP contribution in [0.3, 0.4) is 0 Å². The maximum absolute atomic E-state index is 15.1. The van der Waals surface area contributed by atoms with E-state index in [4.69, 9.17) is 4.74 Å². The summed E-state index contributed by atoms with van der Waals surface area (Å²) in [4.78, 5) is 14.4. The Hall–Kier alpha value is -6.18. The maximum Gasteiger partial charge on any atom is 0.339 e. The molecule has 0 aromatic heterocycles. The molecular weight excluding hydrogens is 663 g/mol. The van der Waals surface area contributed by atoms with Crippen LogP contribution in [0.4, 0.5) is 0 Å². The van der Waals surface area contributed by atoms with E-state index in [-0.39, 0.29) is 17.9 Å². The fourth-order valence-electron chi connectivity index (χ4n) is 5.89. The molecule has 52 heavy (non-hydrogen) atoms. The number of hydrogen-bond donors (Lipinski definition) is 0. The fourth-order valence-corrected chi connectivity index (χ4v) is 7.43. The highest BCUT2D eigenvalue weighted by atomic mass is 32.2. The highest BCUT2D eigenvalue weighted by Gasteiger charge is 2.50. The first-order valence-corrected chi connectivity index (χ1v) is 18.4. The molecule has 0 bridgehead atoms. The van der Waals surface area contributed by atoms with Gasteiger partial charge < -0.3 is 4.74 Å². The summed E-state index contributed by atoms with van der Waals surface area (Å²) in [6, 6.07) is 51.8. The summed E-state index contributed by atoms with van der Waals surface area (Å²) in [6.07, 6.45) is 0.138. The highest BCUT2D eigenvalue weighted by molar-refractivity contribution is 7.89. The van der Waals surface area contributed by atoms with E-state index in [1.807, 2.05) is 134 Å². The summed E-state index contributed by atoms with van der Waals surface area (Å²) in [6.45, 7) is 1.69. The second-order valence-electron chi connectivity index (χ2n) is 12.2. The lowest BCUT2D eigenvalue weighted by Gasteiger charge is -2.42. The van der Waals surface area contributed by atoms with Crippen molar-refractivity contribution in [1.29, 1.82) is 0 Å². The third-order valence-corrected chi connectivity index (χ3v) is 10.5. The Morgan fingerprint density at radius 1 is 0.654 bits per heavy atom. The average Bonchev–Trinajstić information content (AvgIpc) is 3.19. The van der Waals surface area contributed by atoms with Gasteiger partial charge in [-0.05, 0) is 73.4 Å². The minimum absolute atomic E-state index is 0.0880. The number of aryl methyl sites for hydroxylation is 1. The van der Waals surface area contributed by atoms with Crippen molar-refractivity contribution in [2.45, 2.75) is 29.9 Å². The van der Waals surface area contributed by atoms with Crippen molar-refractivity contribution in [3.63, 3.8) is 0 Å². The number of rotatable bonds is 10. The van der Waals surface area contributed by atoms with Crippen LogP contribution < -0.4 is 0 Å². The Labute approximate surface area is 306 Å². The van der Waals surface area contributed by atoms with Crippen molar-refractivity contribution in [2.24, 2.45) is 0 Å². The molecule has 6 rings (SSSR count). The third-order valence-electron chi connectivity index (χ3n) is 8.59. The molecule has 0 saturated carbocycles. The van der Waals surface area contributed by atoms with Gasteiger partial charge in [-0.15, -0.1) is 0 Å². The summed E-state index contributed by atoms with van der Waals surface area (Å²) in [5.74, 6) is 12.3. The summed E-state index contributed by atoms with van der Waals surface area (Å²) < 4.78 is 38.2. The number of hydrogen-bond acceptors (Lipinski definition) is 4. The van der Waals surface area contributed by atoms with Crippen LogP contribution in [-0.2, 0) is 26.8 Å². The van der Waals surface area contributed by atoms with E-state index in [0.717, 1.165) is 16.7 Å². The van der Waals surface area contributed by atoms with Crippen molar-refractivity contribution >= 4 is 16.0 Å². The first-order chi connectivity index (χ1) is 25.3. The molecule has 6 heteroatoms. The van der Waals surface area contributed by atoms with Crippen molar-refractivity contribution < 1.29 is 17.9 Å². The molecule has 0 radical (unpaired) electrons. The molecule has 5 nitrogen and oxygen atoms in total. The Bertz CT molecular complexity index is 2310.